The van der Waals surface area contributed by atoms with Crippen LogP contribution in [0.3, 0.4) is 0 Å². The summed E-state index contributed by atoms with van der Waals surface area (Å²) in [7, 11) is 0. The van der Waals surface area contributed by atoms with Gasteiger partial charge in [-0.3, -0.25) is 0 Å². The monoisotopic (exact) mass is 166 g/mol. The van der Waals surface area contributed by atoms with Crippen LogP contribution in [0, 0.1) is 0 Å². The summed E-state index contributed by atoms with van der Waals surface area (Å²) in [5.41, 5.74) is 1.09. The Bertz CT molecular complexity index is 206. The van der Waals surface area contributed by atoms with Gasteiger partial charge < -0.3 is 9.53 Å². The van der Waals surface area contributed by atoms with Gasteiger partial charge in [0.15, 0.2) is 6.29 Å². The Morgan fingerprint density at radius 2 is 2.42 bits per heavy atom. The van der Waals surface area contributed by atoms with E-state index in [-0.39, 0.29) is 12.2 Å². The van der Waals surface area contributed by atoms with Crippen LogP contribution < -0.4 is 0 Å². The maximum absolute atomic E-state index is 10.6. The van der Waals surface area contributed by atoms with Gasteiger partial charge in [0.05, 0.1) is 6.10 Å². The number of aldehydes is 1. The Labute approximate surface area is 72.9 Å². The van der Waals surface area contributed by atoms with Crippen LogP contribution in [0.1, 0.15) is 19.8 Å². The Hall–Kier alpha value is -0.890. The van der Waals surface area contributed by atoms with Gasteiger partial charge in [0.2, 0.25) is 0 Å². The quantitative estimate of drug-likeness (QED) is 0.462. The summed E-state index contributed by atoms with van der Waals surface area (Å²) in [5, 5.41) is 0. The molecule has 2 atom stereocenters. The molecule has 2 heteroatoms. The molecule has 66 valence electrons. The molecular weight excluding hydrogens is 152 g/mol. The first-order valence-electron chi connectivity index (χ1n) is 4.20. The lowest BCUT2D eigenvalue weighted by atomic mass is 9.98. The molecule has 0 aromatic carbocycles. The van der Waals surface area contributed by atoms with Crippen molar-refractivity contribution < 1.29 is 9.53 Å². The molecule has 0 N–H and O–H groups in total. The highest BCUT2D eigenvalue weighted by molar-refractivity contribution is 5.62. The van der Waals surface area contributed by atoms with Crippen molar-refractivity contribution in [2.75, 3.05) is 0 Å². The number of carbonyl (C=O) groups excluding carboxylic acids is 1. The SMILES string of the molecule is C=CC1CCC(=CC)C(C=O)O1. The summed E-state index contributed by atoms with van der Waals surface area (Å²) in [6.45, 7) is 5.58. The number of rotatable bonds is 2. The van der Waals surface area contributed by atoms with Crippen molar-refractivity contribution in [1.29, 1.82) is 0 Å². The van der Waals surface area contributed by atoms with Gasteiger partial charge in [-0.15, -0.1) is 6.58 Å². The van der Waals surface area contributed by atoms with Crippen molar-refractivity contribution in [2.24, 2.45) is 0 Å². The van der Waals surface area contributed by atoms with Gasteiger partial charge in [-0.25, -0.2) is 0 Å². The molecule has 0 spiro atoms. The molecule has 12 heavy (non-hydrogen) atoms. The summed E-state index contributed by atoms with van der Waals surface area (Å²) in [5.74, 6) is 0. The summed E-state index contributed by atoms with van der Waals surface area (Å²) >= 11 is 0. The van der Waals surface area contributed by atoms with Gasteiger partial charge in [0, 0.05) is 0 Å². The highest BCUT2D eigenvalue weighted by atomic mass is 16.5. The Kier molecular flexibility index (Phi) is 3.23. The van der Waals surface area contributed by atoms with Crippen molar-refractivity contribution in [1.82, 2.24) is 0 Å². The molecule has 1 heterocycles. The van der Waals surface area contributed by atoms with Crippen LogP contribution in [0.15, 0.2) is 24.3 Å². The van der Waals surface area contributed by atoms with E-state index in [2.05, 4.69) is 6.58 Å². The van der Waals surface area contributed by atoms with Gasteiger partial charge in [-0.2, -0.15) is 0 Å². The molecule has 1 aliphatic heterocycles. The van der Waals surface area contributed by atoms with E-state index in [1.54, 1.807) is 6.08 Å². The zero-order chi connectivity index (χ0) is 8.97. The largest absolute Gasteiger partial charge is 0.359 e. The number of carbonyl (C=O) groups is 1. The smallest absolute Gasteiger partial charge is 0.153 e. The highest BCUT2D eigenvalue weighted by Gasteiger charge is 2.23. The van der Waals surface area contributed by atoms with Crippen LogP contribution in [-0.4, -0.2) is 18.5 Å². The molecule has 0 amide bonds. The third kappa shape index (κ3) is 1.83. The maximum atomic E-state index is 10.6. The molecule has 1 saturated heterocycles. The number of allylic oxidation sites excluding steroid dienone is 1. The molecule has 0 saturated carbocycles. The lowest BCUT2D eigenvalue weighted by molar-refractivity contribution is -0.119. The zero-order valence-electron chi connectivity index (χ0n) is 7.32. The Morgan fingerprint density at radius 3 is 2.92 bits per heavy atom. The lowest BCUT2D eigenvalue weighted by Gasteiger charge is -2.27. The molecule has 0 aromatic heterocycles. The van der Waals surface area contributed by atoms with E-state index in [0.29, 0.717) is 0 Å². The van der Waals surface area contributed by atoms with Crippen LogP contribution in [-0.2, 0) is 9.53 Å². The second-order valence-electron chi connectivity index (χ2n) is 2.87. The lowest BCUT2D eigenvalue weighted by Crippen LogP contribution is -2.29. The fraction of sp³-hybridized carbons (Fsp3) is 0.500. The van der Waals surface area contributed by atoms with Crippen LogP contribution in [0.2, 0.25) is 0 Å². The fourth-order valence-corrected chi connectivity index (χ4v) is 1.40. The van der Waals surface area contributed by atoms with Crippen molar-refractivity contribution in [2.45, 2.75) is 32.0 Å². The molecule has 1 aliphatic rings. The Balaban J connectivity index is 2.65. The van der Waals surface area contributed by atoms with Crippen LogP contribution in [0.5, 0.6) is 0 Å². The van der Waals surface area contributed by atoms with Crippen molar-refractivity contribution >= 4 is 6.29 Å². The first kappa shape index (κ1) is 9.20. The average molecular weight is 166 g/mol. The van der Waals surface area contributed by atoms with E-state index in [4.69, 9.17) is 4.74 Å². The summed E-state index contributed by atoms with van der Waals surface area (Å²) in [6.07, 6.45) is 6.15. The normalized spacial score (nSPS) is 33.2. The minimum Gasteiger partial charge on any atom is -0.359 e. The van der Waals surface area contributed by atoms with Crippen LogP contribution in [0.4, 0.5) is 0 Å². The van der Waals surface area contributed by atoms with Crippen molar-refractivity contribution in [3.63, 3.8) is 0 Å². The van der Waals surface area contributed by atoms with Crippen molar-refractivity contribution in [3.8, 4) is 0 Å². The van der Waals surface area contributed by atoms with Crippen LogP contribution >= 0.6 is 0 Å². The predicted octanol–water partition coefficient (Wildman–Crippen LogP) is 1.87. The number of ether oxygens (including phenoxy) is 1. The zero-order valence-corrected chi connectivity index (χ0v) is 7.32. The third-order valence-electron chi connectivity index (χ3n) is 2.16. The van der Waals surface area contributed by atoms with E-state index in [9.17, 15) is 4.79 Å². The topological polar surface area (TPSA) is 26.3 Å². The van der Waals surface area contributed by atoms with E-state index >= 15 is 0 Å². The first-order valence-corrected chi connectivity index (χ1v) is 4.20. The van der Waals surface area contributed by atoms with Crippen molar-refractivity contribution in [3.05, 3.63) is 24.3 Å². The van der Waals surface area contributed by atoms with Gasteiger partial charge in [0.1, 0.15) is 6.10 Å². The molecular formula is C10H14O2. The molecule has 2 nitrogen and oxygen atoms in total. The fourth-order valence-electron chi connectivity index (χ4n) is 1.40. The minimum absolute atomic E-state index is 0.0453. The molecule has 1 rings (SSSR count). The summed E-state index contributed by atoms with van der Waals surface area (Å²) in [6, 6.07) is 0. The predicted molar refractivity (Wildman–Crippen MR) is 47.9 cm³/mol. The average Bonchev–Trinajstić information content (AvgIpc) is 2.16. The minimum atomic E-state index is -0.341. The van der Waals surface area contributed by atoms with Gasteiger partial charge >= 0.3 is 0 Å². The standard InChI is InChI=1S/C10H14O2/c1-3-8-5-6-9(4-2)12-10(8)7-11/h3-4,7,9-10H,2,5-6H2,1H3. The van der Waals surface area contributed by atoms with E-state index in [1.807, 2.05) is 13.0 Å². The molecule has 1 fully saturated rings. The second-order valence-corrected chi connectivity index (χ2v) is 2.87. The third-order valence-corrected chi connectivity index (χ3v) is 2.16. The molecule has 2 unspecified atom stereocenters. The van der Waals surface area contributed by atoms with Gasteiger partial charge in [0.25, 0.3) is 0 Å². The van der Waals surface area contributed by atoms with Gasteiger partial charge in [-0.05, 0) is 25.3 Å². The summed E-state index contributed by atoms with van der Waals surface area (Å²) < 4.78 is 5.43. The first-order chi connectivity index (χ1) is 5.81. The summed E-state index contributed by atoms with van der Waals surface area (Å²) in [4.78, 5) is 10.6. The maximum Gasteiger partial charge on any atom is 0.153 e. The van der Waals surface area contributed by atoms with E-state index in [1.165, 1.54) is 0 Å². The molecule has 0 aliphatic carbocycles. The molecule has 0 aromatic rings. The molecule has 0 bridgehead atoms. The van der Waals surface area contributed by atoms with E-state index in [0.717, 1.165) is 24.7 Å². The Morgan fingerprint density at radius 1 is 1.67 bits per heavy atom. The van der Waals surface area contributed by atoms with Gasteiger partial charge in [-0.1, -0.05) is 12.2 Å². The number of hydrogen-bond donors (Lipinski definition) is 0. The van der Waals surface area contributed by atoms with Crippen LogP contribution in [0.25, 0.3) is 0 Å². The number of hydrogen-bond acceptors (Lipinski definition) is 2. The second kappa shape index (κ2) is 4.21. The highest BCUT2D eigenvalue weighted by Crippen LogP contribution is 2.23. The van der Waals surface area contributed by atoms with E-state index < -0.39 is 0 Å². The molecule has 0 radical (unpaired) electrons.